The fraction of sp³-hybridized carbons (Fsp3) is 0. The van der Waals surface area contributed by atoms with Crippen molar-refractivity contribution in [1.82, 2.24) is 24.1 Å². The second kappa shape index (κ2) is 13.5. The van der Waals surface area contributed by atoms with Crippen LogP contribution in [0.4, 0.5) is 8.78 Å². The number of nitrogens with zero attached hydrogens (tertiary/aromatic N) is 5. The average molecular weight is 752 g/mol. The van der Waals surface area contributed by atoms with Crippen LogP contribution in [0.15, 0.2) is 188 Å². The van der Waals surface area contributed by atoms with E-state index >= 15 is 8.78 Å². The molecule has 0 atom stereocenters. The van der Waals surface area contributed by atoms with E-state index in [1.54, 1.807) is 6.07 Å². The Morgan fingerprint density at radius 3 is 1.41 bits per heavy atom. The van der Waals surface area contributed by atoms with Gasteiger partial charge in [-0.1, -0.05) is 127 Å². The molecule has 274 valence electrons. The first-order valence-electron chi connectivity index (χ1n) is 19.1. The molecule has 0 N–H and O–H groups in total. The molecule has 0 amide bonds. The van der Waals surface area contributed by atoms with E-state index < -0.39 is 11.6 Å². The van der Waals surface area contributed by atoms with Crippen LogP contribution in [0.1, 0.15) is 0 Å². The molecule has 0 fully saturated rings. The SMILES string of the molecule is Fc1cccc(F)c1-c1ccc(-c2nc(-c3ccccc3)nc(-c3ccccc3)n2)c(-n2c3ccccc3c3cc(-n4c5ccccc5c5ccccc54)ccc32)c1. The highest BCUT2D eigenvalue weighted by Crippen LogP contribution is 2.41. The molecule has 0 aliphatic rings. The quantitative estimate of drug-likeness (QED) is 0.170. The van der Waals surface area contributed by atoms with Crippen LogP contribution in [0.2, 0.25) is 0 Å². The number of rotatable bonds is 6. The van der Waals surface area contributed by atoms with Gasteiger partial charge < -0.3 is 9.13 Å². The second-order valence-electron chi connectivity index (χ2n) is 14.3. The Kier molecular flexibility index (Phi) is 7.79. The lowest BCUT2D eigenvalue weighted by molar-refractivity contribution is 0.589. The maximum atomic E-state index is 15.5. The summed E-state index contributed by atoms with van der Waals surface area (Å²) in [5.74, 6) is 0.163. The van der Waals surface area contributed by atoms with Crippen LogP contribution in [0.25, 0.3) is 100 Å². The Morgan fingerprint density at radius 2 is 0.828 bits per heavy atom. The molecule has 11 rings (SSSR count). The molecule has 5 nitrogen and oxygen atoms in total. The monoisotopic (exact) mass is 751 g/mol. The highest BCUT2D eigenvalue weighted by molar-refractivity contribution is 6.12. The van der Waals surface area contributed by atoms with Crippen molar-refractivity contribution in [1.29, 1.82) is 0 Å². The van der Waals surface area contributed by atoms with E-state index in [4.69, 9.17) is 15.0 Å². The van der Waals surface area contributed by atoms with E-state index in [-0.39, 0.29) is 5.56 Å². The molecule has 3 heterocycles. The molecule has 11 aromatic rings. The molecule has 0 saturated heterocycles. The molecule has 7 heteroatoms. The maximum Gasteiger partial charge on any atom is 0.166 e. The van der Waals surface area contributed by atoms with Gasteiger partial charge in [-0.15, -0.1) is 0 Å². The minimum Gasteiger partial charge on any atom is -0.309 e. The summed E-state index contributed by atoms with van der Waals surface area (Å²) >= 11 is 0. The lowest BCUT2D eigenvalue weighted by Gasteiger charge is -2.17. The predicted octanol–water partition coefficient (Wildman–Crippen LogP) is 13.0. The summed E-state index contributed by atoms with van der Waals surface area (Å²) in [6.07, 6.45) is 0. The standard InChI is InChI=1S/C51H31F2N5/c52-41-21-13-22-42(53)48(41)34-26-28-39(51-55-49(32-14-3-1-4-15-32)54-50(56-51)33-16-5-2-6-17-33)47(30-34)58-45-25-12-9-20-38(45)40-31-35(27-29-46(40)58)57-43-23-10-7-18-36(43)37-19-8-11-24-44(37)57/h1-31H. The fourth-order valence-electron chi connectivity index (χ4n) is 8.32. The number of hydrogen-bond acceptors (Lipinski definition) is 3. The number of para-hydroxylation sites is 3. The Labute approximate surface area is 331 Å². The summed E-state index contributed by atoms with van der Waals surface area (Å²) in [5.41, 5.74) is 8.40. The number of fused-ring (bicyclic) bond motifs is 6. The third-order valence-electron chi connectivity index (χ3n) is 10.9. The topological polar surface area (TPSA) is 48.5 Å². The van der Waals surface area contributed by atoms with Gasteiger partial charge in [0.1, 0.15) is 11.6 Å². The van der Waals surface area contributed by atoms with Crippen LogP contribution in [0.3, 0.4) is 0 Å². The fourth-order valence-corrected chi connectivity index (χ4v) is 8.32. The zero-order chi connectivity index (χ0) is 38.7. The molecular formula is C51H31F2N5. The summed E-state index contributed by atoms with van der Waals surface area (Å²) in [6.45, 7) is 0. The smallest absolute Gasteiger partial charge is 0.166 e. The molecule has 8 aromatic carbocycles. The normalized spacial score (nSPS) is 11.6. The zero-order valence-corrected chi connectivity index (χ0v) is 30.9. The van der Waals surface area contributed by atoms with Crippen molar-refractivity contribution in [3.8, 4) is 56.7 Å². The van der Waals surface area contributed by atoms with Gasteiger partial charge in [0.25, 0.3) is 0 Å². The minimum absolute atomic E-state index is 0.102. The molecule has 0 saturated carbocycles. The Hall–Kier alpha value is -7.77. The van der Waals surface area contributed by atoms with Gasteiger partial charge in [-0.3, -0.25) is 0 Å². The summed E-state index contributed by atoms with van der Waals surface area (Å²) in [6, 6.07) is 60.7. The van der Waals surface area contributed by atoms with Crippen molar-refractivity contribution in [2.45, 2.75) is 0 Å². The van der Waals surface area contributed by atoms with Crippen molar-refractivity contribution in [2.24, 2.45) is 0 Å². The molecular weight excluding hydrogens is 721 g/mol. The molecule has 0 spiro atoms. The minimum atomic E-state index is -0.644. The van der Waals surface area contributed by atoms with Crippen molar-refractivity contribution in [2.75, 3.05) is 0 Å². The van der Waals surface area contributed by atoms with Crippen LogP contribution >= 0.6 is 0 Å². The van der Waals surface area contributed by atoms with Crippen LogP contribution in [-0.4, -0.2) is 24.1 Å². The molecule has 0 unspecified atom stereocenters. The molecule has 0 radical (unpaired) electrons. The summed E-state index contributed by atoms with van der Waals surface area (Å²) in [5, 5.41) is 4.42. The second-order valence-corrected chi connectivity index (χ2v) is 14.3. The lowest BCUT2D eigenvalue weighted by atomic mass is 10.00. The van der Waals surface area contributed by atoms with E-state index in [9.17, 15) is 0 Å². The van der Waals surface area contributed by atoms with Gasteiger partial charge in [0.15, 0.2) is 17.5 Å². The molecule has 3 aromatic heterocycles. The van der Waals surface area contributed by atoms with Crippen molar-refractivity contribution >= 4 is 43.6 Å². The van der Waals surface area contributed by atoms with Crippen LogP contribution in [0, 0.1) is 11.6 Å². The maximum absolute atomic E-state index is 15.5. The number of hydrogen-bond donors (Lipinski definition) is 0. The largest absolute Gasteiger partial charge is 0.309 e. The van der Waals surface area contributed by atoms with Crippen LogP contribution in [-0.2, 0) is 0 Å². The highest BCUT2D eigenvalue weighted by Gasteiger charge is 2.23. The van der Waals surface area contributed by atoms with E-state index in [2.05, 4.69) is 88.0 Å². The summed E-state index contributed by atoms with van der Waals surface area (Å²) < 4.78 is 35.5. The van der Waals surface area contributed by atoms with E-state index in [1.165, 1.54) is 29.0 Å². The Morgan fingerprint density at radius 1 is 0.345 bits per heavy atom. The number of halogens is 2. The van der Waals surface area contributed by atoms with Crippen LogP contribution < -0.4 is 0 Å². The van der Waals surface area contributed by atoms with Gasteiger partial charge in [-0.05, 0) is 66.2 Å². The predicted molar refractivity (Wildman–Crippen MR) is 230 cm³/mol. The highest BCUT2D eigenvalue weighted by atomic mass is 19.1. The number of benzene rings is 8. The summed E-state index contributed by atoms with van der Waals surface area (Å²) in [7, 11) is 0. The first-order valence-corrected chi connectivity index (χ1v) is 19.1. The van der Waals surface area contributed by atoms with Gasteiger partial charge in [-0.2, -0.15) is 0 Å². The molecule has 0 aliphatic heterocycles. The van der Waals surface area contributed by atoms with E-state index in [0.29, 0.717) is 34.3 Å². The third-order valence-corrected chi connectivity index (χ3v) is 10.9. The third kappa shape index (κ3) is 5.39. The van der Waals surface area contributed by atoms with E-state index in [1.807, 2.05) is 84.9 Å². The van der Waals surface area contributed by atoms with Gasteiger partial charge in [0.2, 0.25) is 0 Å². The van der Waals surface area contributed by atoms with Gasteiger partial charge in [-0.25, -0.2) is 23.7 Å². The Balaban J connectivity index is 1.21. The molecule has 58 heavy (non-hydrogen) atoms. The van der Waals surface area contributed by atoms with E-state index in [0.717, 1.165) is 49.7 Å². The number of aromatic nitrogens is 5. The van der Waals surface area contributed by atoms with Crippen molar-refractivity contribution in [3.05, 3.63) is 200 Å². The first-order chi connectivity index (χ1) is 28.6. The zero-order valence-electron chi connectivity index (χ0n) is 30.9. The first kappa shape index (κ1) is 33.6. The Bertz CT molecular complexity index is 3240. The molecule has 0 aliphatic carbocycles. The van der Waals surface area contributed by atoms with Gasteiger partial charge >= 0.3 is 0 Å². The van der Waals surface area contributed by atoms with Gasteiger partial charge in [0, 0.05) is 43.9 Å². The summed E-state index contributed by atoms with van der Waals surface area (Å²) in [4.78, 5) is 15.1. The van der Waals surface area contributed by atoms with Gasteiger partial charge in [0.05, 0.1) is 33.3 Å². The van der Waals surface area contributed by atoms with Crippen molar-refractivity contribution in [3.63, 3.8) is 0 Å². The van der Waals surface area contributed by atoms with Crippen molar-refractivity contribution < 1.29 is 8.78 Å². The van der Waals surface area contributed by atoms with Crippen LogP contribution in [0.5, 0.6) is 0 Å². The average Bonchev–Trinajstić information content (AvgIpc) is 3.79. The lowest BCUT2D eigenvalue weighted by Crippen LogP contribution is -2.04. The molecule has 0 bridgehead atoms.